The highest BCUT2D eigenvalue weighted by Crippen LogP contribution is 2.19. The van der Waals surface area contributed by atoms with Crippen LogP contribution in [-0.4, -0.2) is 73.0 Å². The van der Waals surface area contributed by atoms with E-state index in [9.17, 15) is 9.59 Å². The first-order valence-electron chi connectivity index (χ1n) is 7.42. The lowest BCUT2D eigenvalue weighted by atomic mass is 9.99. The van der Waals surface area contributed by atoms with Crippen molar-refractivity contribution < 1.29 is 9.59 Å². The molecule has 0 aromatic rings. The number of piperazine rings is 1. The number of amides is 2. The lowest BCUT2D eigenvalue weighted by Crippen LogP contribution is -2.60. The van der Waals surface area contributed by atoms with E-state index in [1.54, 1.807) is 11.9 Å². The third kappa shape index (κ3) is 3.70. The van der Waals surface area contributed by atoms with E-state index < -0.39 is 5.54 Å². The molecule has 2 amide bonds. The fraction of sp³-hybridized carbons (Fsp3) is 0.857. The largest absolute Gasteiger partial charge is 0.352 e. The molecular formula is C14H26N4O2. The standard InChI is InChI=1S/C14H26N4O2/c1-14(2,18-8-6-15-7-9-18)13(20)17(3)10-12(19)16-11-4-5-11/h11,15H,4-10H2,1-3H3,(H,16,19). The van der Waals surface area contributed by atoms with Crippen molar-refractivity contribution in [3.8, 4) is 0 Å². The molecular weight excluding hydrogens is 256 g/mol. The van der Waals surface area contributed by atoms with Crippen LogP contribution >= 0.6 is 0 Å². The van der Waals surface area contributed by atoms with E-state index in [1.165, 1.54) is 0 Å². The Morgan fingerprint density at radius 3 is 2.45 bits per heavy atom. The minimum atomic E-state index is -0.559. The fourth-order valence-electron chi connectivity index (χ4n) is 2.61. The number of nitrogens with one attached hydrogen (secondary N) is 2. The molecule has 1 saturated carbocycles. The second kappa shape index (κ2) is 6.10. The zero-order chi connectivity index (χ0) is 14.8. The van der Waals surface area contributed by atoms with Gasteiger partial charge in [0.2, 0.25) is 11.8 Å². The summed E-state index contributed by atoms with van der Waals surface area (Å²) >= 11 is 0. The molecule has 0 spiro atoms. The summed E-state index contributed by atoms with van der Waals surface area (Å²) in [4.78, 5) is 28.1. The number of likely N-dealkylation sites (N-methyl/N-ethyl adjacent to an activating group) is 1. The maximum atomic E-state index is 12.6. The molecule has 1 aliphatic heterocycles. The van der Waals surface area contributed by atoms with E-state index >= 15 is 0 Å². The molecule has 2 fully saturated rings. The molecule has 20 heavy (non-hydrogen) atoms. The van der Waals surface area contributed by atoms with E-state index in [2.05, 4.69) is 15.5 Å². The average Bonchev–Trinajstić information content (AvgIpc) is 3.22. The van der Waals surface area contributed by atoms with E-state index in [4.69, 9.17) is 0 Å². The Kier molecular flexibility index (Phi) is 4.65. The minimum Gasteiger partial charge on any atom is -0.352 e. The molecule has 2 rings (SSSR count). The lowest BCUT2D eigenvalue weighted by molar-refractivity contribution is -0.144. The number of hydrogen-bond acceptors (Lipinski definition) is 4. The molecule has 1 saturated heterocycles. The summed E-state index contributed by atoms with van der Waals surface area (Å²) in [5.41, 5.74) is -0.559. The van der Waals surface area contributed by atoms with Gasteiger partial charge in [-0.25, -0.2) is 0 Å². The third-order valence-electron chi connectivity index (χ3n) is 4.10. The van der Waals surface area contributed by atoms with E-state index in [-0.39, 0.29) is 18.4 Å². The lowest BCUT2D eigenvalue weighted by Gasteiger charge is -2.41. The van der Waals surface area contributed by atoms with Crippen molar-refractivity contribution in [3.63, 3.8) is 0 Å². The fourth-order valence-corrected chi connectivity index (χ4v) is 2.61. The predicted octanol–water partition coefficient (Wildman–Crippen LogP) is -0.593. The van der Waals surface area contributed by atoms with Gasteiger partial charge >= 0.3 is 0 Å². The van der Waals surface area contributed by atoms with Gasteiger partial charge in [0.15, 0.2) is 0 Å². The summed E-state index contributed by atoms with van der Waals surface area (Å²) in [7, 11) is 1.71. The average molecular weight is 282 g/mol. The SMILES string of the molecule is CN(CC(=O)NC1CC1)C(=O)C(C)(C)N1CCNCC1. The van der Waals surface area contributed by atoms with Crippen LogP contribution in [0.3, 0.4) is 0 Å². The number of carbonyl (C=O) groups excluding carboxylic acids is 2. The number of rotatable bonds is 5. The molecule has 2 aliphatic rings. The third-order valence-corrected chi connectivity index (χ3v) is 4.10. The summed E-state index contributed by atoms with van der Waals surface area (Å²) in [6, 6.07) is 0.340. The Hall–Kier alpha value is -1.14. The second-order valence-corrected chi connectivity index (χ2v) is 6.30. The molecule has 6 heteroatoms. The van der Waals surface area contributed by atoms with Crippen molar-refractivity contribution in [3.05, 3.63) is 0 Å². The molecule has 6 nitrogen and oxygen atoms in total. The summed E-state index contributed by atoms with van der Waals surface area (Å²) in [5.74, 6) is -0.0511. The molecule has 0 radical (unpaired) electrons. The highest BCUT2D eigenvalue weighted by molar-refractivity contribution is 5.89. The maximum Gasteiger partial charge on any atom is 0.242 e. The molecule has 0 bridgehead atoms. The van der Waals surface area contributed by atoms with Gasteiger partial charge in [-0.05, 0) is 26.7 Å². The molecule has 0 unspecified atom stereocenters. The first-order chi connectivity index (χ1) is 9.41. The molecule has 0 aromatic heterocycles. The Labute approximate surface area is 120 Å². The van der Waals surface area contributed by atoms with Gasteiger partial charge in [-0.15, -0.1) is 0 Å². The van der Waals surface area contributed by atoms with Crippen LogP contribution < -0.4 is 10.6 Å². The van der Waals surface area contributed by atoms with Crippen LogP contribution in [-0.2, 0) is 9.59 Å². The van der Waals surface area contributed by atoms with Gasteiger partial charge in [-0.2, -0.15) is 0 Å². The summed E-state index contributed by atoms with van der Waals surface area (Å²) in [6.07, 6.45) is 2.13. The number of carbonyl (C=O) groups is 2. The number of hydrogen-bond donors (Lipinski definition) is 2. The Morgan fingerprint density at radius 2 is 1.90 bits per heavy atom. The van der Waals surface area contributed by atoms with Crippen molar-refractivity contribution in [2.24, 2.45) is 0 Å². The van der Waals surface area contributed by atoms with Gasteiger partial charge in [0.05, 0.1) is 12.1 Å². The Morgan fingerprint density at radius 1 is 1.30 bits per heavy atom. The van der Waals surface area contributed by atoms with Crippen molar-refractivity contribution in [1.82, 2.24) is 20.4 Å². The van der Waals surface area contributed by atoms with Gasteiger partial charge in [0.25, 0.3) is 0 Å². The normalized spacial score (nSPS) is 20.6. The van der Waals surface area contributed by atoms with Crippen LogP contribution in [0.5, 0.6) is 0 Å². The minimum absolute atomic E-state index is 0.00495. The van der Waals surface area contributed by atoms with E-state index in [0.717, 1.165) is 39.0 Å². The van der Waals surface area contributed by atoms with Gasteiger partial charge in [0, 0.05) is 39.3 Å². The van der Waals surface area contributed by atoms with Gasteiger partial charge < -0.3 is 15.5 Å². The molecule has 114 valence electrons. The second-order valence-electron chi connectivity index (χ2n) is 6.30. The molecule has 0 aromatic carbocycles. The van der Waals surface area contributed by atoms with Gasteiger partial charge in [-0.1, -0.05) is 0 Å². The Bertz CT molecular complexity index is 373. The molecule has 1 aliphatic carbocycles. The predicted molar refractivity (Wildman–Crippen MR) is 77.3 cm³/mol. The van der Waals surface area contributed by atoms with Crippen LogP contribution in [0, 0.1) is 0 Å². The van der Waals surface area contributed by atoms with Gasteiger partial charge in [0.1, 0.15) is 0 Å². The number of nitrogens with zero attached hydrogens (tertiary/aromatic N) is 2. The molecule has 1 heterocycles. The highest BCUT2D eigenvalue weighted by Gasteiger charge is 2.37. The maximum absolute atomic E-state index is 12.6. The smallest absolute Gasteiger partial charge is 0.242 e. The van der Waals surface area contributed by atoms with E-state index in [0.29, 0.717) is 6.04 Å². The molecule has 0 atom stereocenters. The van der Waals surface area contributed by atoms with E-state index in [1.807, 2.05) is 13.8 Å². The first-order valence-corrected chi connectivity index (χ1v) is 7.42. The van der Waals surface area contributed by atoms with Crippen LogP contribution in [0.2, 0.25) is 0 Å². The first kappa shape index (κ1) is 15.3. The van der Waals surface area contributed by atoms with Crippen LogP contribution in [0.4, 0.5) is 0 Å². The highest BCUT2D eigenvalue weighted by atomic mass is 16.2. The summed E-state index contributed by atoms with van der Waals surface area (Å²) in [5, 5.41) is 6.20. The van der Waals surface area contributed by atoms with Crippen molar-refractivity contribution in [2.45, 2.75) is 38.3 Å². The topological polar surface area (TPSA) is 64.7 Å². The van der Waals surface area contributed by atoms with Crippen molar-refractivity contribution in [1.29, 1.82) is 0 Å². The Balaban J connectivity index is 1.88. The van der Waals surface area contributed by atoms with Crippen molar-refractivity contribution in [2.75, 3.05) is 39.8 Å². The summed E-state index contributed by atoms with van der Waals surface area (Å²) in [6.45, 7) is 7.56. The van der Waals surface area contributed by atoms with Crippen LogP contribution in [0.25, 0.3) is 0 Å². The van der Waals surface area contributed by atoms with Crippen molar-refractivity contribution >= 4 is 11.8 Å². The monoisotopic (exact) mass is 282 g/mol. The summed E-state index contributed by atoms with van der Waals surface area (Å²) < 4.78 is 0. The zero-order valence-electron chi connectivity index (χ0n) is 12.7. The quantitative estimate of drug-likeness (QED) is 0.707. The molecule has 2 N–H and O–H groups in total. The van der Waals surface area contributed by atoms with Gasteiger partial charge in [-0.3, -0.25) is 14.5 Å². The van der Waals surface area contributed by atoms with Crippen LogP contribution in [0.1, 0.15) is 26.7 Å². The zero-order valence-corrected chi connectivity index (χ0v) is 12.7. The van der Waals surface area contributed by atoms with Crippen LogP contribution in [0.15, 0.2) is 0 Å².